The number of hydrogen-bond donors (Lipinski definition) is 0. The highest BCUT2D eigenvalue weighted by Crippen LogP contribution is 2.33. The van der Waals surface area contributed by atoms with Crippen molar-refractivity contribution in [2.75, 3.05) is 18.0 Å². The zero-order valence-corrected chi connectivity index (χ0v) is 20.2. The van der Waals surface area contributed by atoms with Crippen LogP contribution in [-0.2, 0) is 6.42 Å². The van der Waals surface area contributed by atoms with Crippen LogP contribution in [0.1, 0.15) is 59.4 Å². The smallest absolute Gasteiger partial charge is 0.170 e. The van der Waals surface area contributed by atoms with Gasteiger partial charge in [0, 0.05) is 25.7 Å². The molecule has 0 spiro atoms. The molecule has 1 saturated heterocycles. The van der Waals surface area contributed by atoms with Crippen molar-refractivity contribution >= 4 is 11.6 Å². The van der Waals surface area contributed by atoms with Gasteiger partial charge in [-0.2, -0.15) is 5.10 Å². The van der Waals surface area contributed by atoms with Crippen molar-refractivity contribution in [2.24, 2.45) is 5.92 Å². The van der Waals surface area contributed by atoms with Crippen molar-refractivity contribution in [1.29, 1.82) is 0 Å². The Hall–Kier alpha value is -3.02. The largest absolute Gasteiger partial charge is 0.356 e. The molecule has 3 aromatic rings. The molecule has 0 radical (unpaired) electrons. The number of piperidine rings is 1. The number of benzene rings is 1. The van der Waals surface area contributed by atoms with Crippen molar-refractivity contribution in [3.63, 3.8) is 0 Å². The van der Waals surface area contributed by atoms with E-state index in [2.05, 4.69) is 15.0 Å². The third-order valence-corrected chi connectivity index (χ3v) is 6.83. The SMILES string of the molecule is Cc1ccc(-n2ncc(C(=O)Cc3cnc(N4CCC(C(C)(C)F)CC4)c(C)c3)c2C)cc1. The second-order valence-electron chi connectivity index (χ2n) is 9.80. The second kappa shape index (κ2) is 9.08. The summed E-state index contributed by atoms with van der Waals surface area (Å²) < 4.78 is 16.1. The highest BCUT2D eigenvalue weighted by molar-refractivity contribution is 5.98. The third kappa shape index (κ3) is 5.00. The lowest BCUT2D eigenvalue weighted by Gasteiger charge is -2.37. The van der Waals surface area contributed by atoms with E-state index in [9.17, 15) is 9.18 Å². The number of carbonyl (C=O) groups excluding carboxylic acids is 1. The van der Waals surface area contributed by atoms with Crippen LogP contribution in [0, 0.1) is 26.7 Å². The normalized spacial score (nSPS) is 15.2. The van der Waals surface area contributed by atoms with Crippen molar-refractivity contribution in [1.82, 2.24) is 14.8 Å². The van der Waals surface area contributed by atoms with Gasteiger partial charge in [0.2, 0.25) is 0 Å². The van der Waals surface area contributed by atoms with Crippen LogP contribution in [0.5, 0.6) is 0 Å². The summed E-state index contributed by atoms with van der Waals surface area (Å²) in [5.74, 6) is 1.06. The first-order chi connectivity index (χ1) is 15.6. The number of rotatable bonds is 6. The third-order valence-electron chi connectivity index (χ3n) is 6.83. The number of aryl methyl sites for hydroxylation is 2. The van der Waals surface area contributed by atoms with Crippen molar-refractivity contribution in [3.05, 3.63) is 70.7 Å². The molecule has 1 aliphatic rings. The van der Waals surface area contributed by atoms with Crippen molar-refractivity contribution in [3.8, 4) is 5.69 Å². The molecule has 0 saturated carbocycles. The van der Waals surface area contributed by atoms with Gasteiger partial charge < -0.3 is 4.90 Å². The monoisotopic (exact) mass is 448 g/mol. The second-order valence-corrected chi connectivity index (χ2v) is 9.80. The number of halogens is 1. The van der Waals surface area contributed by atoms with E-state index in [0.717, 1.165) is 54.3 Å². The Bertz CT molecular complexity index is 1140. The molecule has 1 aliphatic heterocycles. The summed E-state index contributed by atoms with van der Waals surface area (Å²) in [6, 6.07) is 10.1. The summed E-state index contributed by atoms with van der Waals surface area (Å²) in [6.07, 6.45) is 5.39. The first-order valence-corrected chi connectivity index (χ1v) is 11.7. The Kier molecular flexibility index (Phi) is 6.37. The van der Waals surface area contributed by atoms with Crippen LogP contribution in [-0.4, -0.2) is 39.3 Å². The molecule has 0 unspecified atom stereocenters. The Labute approximate surface area is 195 Å². The lowest BCUT2D eigenvalue weighted by Crippen LogP contribution is -2.40. The zero-order valence-electron chi connectivity index (χ0n) is 20.2. The fourth-order valence-electron chi connectivity index (χ4n) is 4.74. The van der Waals surface area contributed by atoms with Gasteiger partial charge in [-0.05, 0) is 76.6 Å². The van der Waals surface area contributed by atoms with Gasteiger partial charge in [-0.3, -0.25) is 4.79 Å². The zero-order chi connectivity index (χ0) is 23.8. The summed E-state index contributed by atoms with van der Waals surface area (Å²) in [4.78, 5) is 19.9. The number of anilines is 1. The molecule has 1 aromatic carbocycles. The minimum Gasteiger partial charge on any atom is -0.356 e. The predicted molar refractivity (Wildman–Crippen MR) is 130 cm³/mol. The summed E-state index contributed by atoms with van der Waals surface area (Å²) in [5, 5.41) is 4.44. The van der Waals surface area contributed by atoms with Gasteiger partial charge >= 0.3 is 0 Å². The molecular formula is C27H33FN4O. The summed E-state index contributed by atoms with van der Waals surface area (Å²) in [6.45, 7) is 11.0. The van der Waals surface area contributed by atoms with E-state index in [1.165, 1.54) is 5.56 Å². The number of Topliss-reactive ketones (excluding diaryl/α,β-unsaturated/α-hetero) is 1. The standard InChI is InChI=1S/C27H33FN4O/c1-18-6-8-23(9-7-18)32-20(3)24(17-30-32)25(33)15-21-14-19(2)26(29-16-21)31-12-10-22(11-13-31)27(4,5)28/h6-9,14,16-17,22H,10-13,15H2,1-5H3. The number of ketones is 1. The lowest BCUT2D eigenvalue weighted by atomic mass is 9.84. The molecule has 0 bridgehead atoms. The van der Waals surface area contributed by atoms with Gasteiger partial charge in [0.1, 0.15) is 11.5 Å². The van der Waals surface area contributed by atoms with Gasteiger partial charge in [0.25, 0.3) is 0 Å². The van der Waals surface area contributed by atoms with Crippen LogP contribution < -0.4 is 4.90 Å². The molecule has 6 heteroatoms. The van der Waals surface area contributed by atoms with Crippen LogP contribution in [0.25, 0.3) is 5.69 Å². The predicted octanol–water partition coefficient (Wildman–Crippen LogP) is 5.58. The van der Waals surface area contributed by atoms with E-state index in [-0.39, 0.29) is 18.1 Å². The van der Waals surface area contributed by atoms with Gasteiger partial charge in [-0.1, -0.05) is 23.8 Å². The van der Waals surface area contributed by atoms with E-state index < -0.39 is 5.67 Å². The molecule has 0 atom stereocenters. The fraction of sp³-hybridized carbons (Fsp3) is 0.444. The first-order valence-electron chi connectivity index (χ1n) is 11.7. The number of aromatic nitrogens is 3. The summed E-state index contributed by atoms with van der Waals surface area (Å²) in [7, 11) is 0. The number of pyridine rings is 1. The maximum absolute atomic E-state index is 14.3. The number of nitrogens with zero attached hydrogens (tertiary/aromatic N) is 4. The van der Waals surface area contributed by atoms with Crippen LogP contribution in [0.4, 0.5) is 10.2 Å². The van der Waals surface area contributed by atoms with Gasteiger partial charge in [0.15, 0.2) is 5.78 Å². The first kappa shape index (κ1) is 23.1. The molecular weight excluding hydrogens is 415 g/mol. The molecule has 33 heavy (non-hydrogen) atoms. The maximum Gasteiger partial charge on any atom is 0.170 e. The Morgan fingerprint density at radius 1 is 1.09 bits per heavy atom. The van der Waals surface area contributed by atoms with Crippen LogP contribution in [0.3, 0.4) is 0 Å². The molecule has 174 valence electrons. The number of hydrogen-bond acceptors (Lipinski definition) is 4. The van der Waals surface area contributed by atoms with E-state index >= 15 is 0 Å². The Morgan fingerprint density at radius 3 is 2.36 bits per heavy atom. The highest BCUT2D eigenvalue weighted by atomic mass is 19.1. The molecule has 0 N–H and O–H groups in total. The molecule has 3 heterocycles. The summed E-state index contributed by atoms with van der Waals surface area (Å²) >= 11 is 0. The topological polar surface area (TPSA) is 51.0 Å². The molecule has 4 rings (SSSR count). The van der Waals surface area contributed by atoms with Crippen LogP contribution in [0.2, 0.25) is 0 Å². The van der Waals surface area contributed by atoms with E-state index in [0.29, 0.717) is 5.56 Å². The Balaban J connectivity index is 1.44. The summed E-state index contributed by atoms with van der Waals surface area (Å²) in [5.41, 5.74) is 4.40. The fourth-order valence-corrected chi connectivity index (χ4v) is 4.74. The Morgan fingerprint density at radius 2 is 1.76 bits per heavy atom. The van der Waals surface area contributed by atoms with Gasteiger partial charge in [-0.25, -0.2) is 14.1 Å². The van der Waals surface area contributed by atoms with E-state index in [4.69, 9.17) is 0 Å². The number of alkyl halides is 1. The van der Waals surface area contributed by atoms with Gasteiger partial charge in [0.05, 0.1) is 23.1 Å². The molecule has 0 aliphatic carbocycles. The van der Waals surface area contributed by atoms with Gasteiger partial charge in [-0.15, -0.1) is 0 Å². The molecule has 0 amide bonds. The van der Waals surface area contributed by atoms with E-state index in [1.807, 2.05) is 55.8 Å². The quantitative estimate of drug-likeness (QED) is 0.462. The molecule has 5 nitrogen and oxygen atoms in total. The average molecular weight is 449 g/mol. The average Bonchev–Trinajstić information content (AvgIpc) is 3.15. The maximum atomic E-state index is 14.3. The highest BCUT2D eigenvalue weighted by Gasteiger charge is 2.33. The molecule has 1 fully saturated rings. The minimum absolute atomic E-state index is 0.0332. The number of carbonyl (C=O) groups is 1. The van der Waals surface area contributed by atoms with Crippen LogP contribution >= 0.6 is 0 Å². The minimum atomic E-state index is -1.13. The molecule has 2 aromatic heterocycles. The van der Waals surface area contributed by atoms with Crippen LogP contribution in [0.15, 0.2) is 42.7 Å². The van der Waals surface area contributed by atoms with Crippen molar-refractivity contribution < 1.29 is 9.18 Å². The van der Waals surface area contributed by atoms with Crippen molar-refractivity contribution in [2.45, 2.75) is 59.5 Å². The van der Waals surface area contributed by atoms with E-state index in [1.54, 1.807) is 26.2 Å². The lowest BCUT2D eigenvalue weighted by molar-refractivity contribution is 0.0992.